The number of nitrogens with zero attached hydrogens (tertiary/aromatic N) is 5. The maximum absolute atomic E-state index is 12.2. The number of hydrogen-bond acceptors (Lipinski definition) is 10. The monoisotopic (exact) mass is 587 g/mol. The lowest BCUT2D eigenvalue weighted by atomic mass is 9.99. The van der Waals surface area contributed by atoms with Crippen molar-refractivity contribution in [2.24, 2.45) is 0 Å². The quantitative estimate of drug-likeness (QED) is 0.263. The first-order valence-electron chi connectivity index (χ1n) is 13.6. The summed E-state index contributed by atoms with van der Waals surface area (Å²) in [6, 6.07) is 12.3. The van der Waals surface area contributed by atoms with Gasteiger partial charge in [-0.1, -0.05) is 36.4 Å². The van der Waals surface area contributed by atoms with Crippen molar-refractivity contribution in [1.29, 1.82) is 0 Å². The van der Waals surface area contributed by atoms with Gasteiger partial charge in [0.15, 0.2) is 29.5 Å². The summed E-state index contributed by atoms with van der Waals surface area (Å²) < 4.78 is 26.7. The Labute approximate surface area is 245 Å². The number of urea groups is 1. The normalized spacial score (nSPS) is 23.8. The van der Waals surface area contributed by atoms with E-state index in [0.29, 0.717) is 17.7 Å². The number of fused-ring (bicyclic) bond motifs is 2. The second kappa shape index (κ2) is 12.2. The van der Waals surface area contributed by atoms with E-state index in [9.17, 15) is 14.7 Å². The zero-order chi connectivity index (χ0) is 29.9. The van der Waals surface area contributed by atoms with Crippen LogP contribution in [0.5, 0.6) is 0 Å². The molecule has 0 saturated carbocycles. The number of amides is 2. The standard InChI is InChI=1S/C29H29N7O7/c1-3-30-29(39)35-25-20-26(33-14-32-25)36(15-34-20)27-24-23(41-18(42-24)12-11-16-8-5-4-6-9-16)22(43-27)21(40-2)19-17(28(37)38)10-7-13-31-19/h4-15,18,21-24,27H,3H2,1-2H3,(H,37,38)(H2,30,32,33,35,39)/t18-,21?,22?,23-,24?,27?/m1/s1. The number of ether oxygens (including phenoxy) is 4. The number of imidazole rings is 1. The van der Waals surface area contributed by atoms with Crippen LogP contribution in [0.4, 0.5) is 10.6 Å². The fraction of sp³-hybridized carbons (Fsp3) is 0.310. The highest BCUT2D eigenvalue weighted by molar-refractivity contribution is 5.95. The van der Waals surface area contributed by atoms with E-state index in [1.165, 1.54) is 32.0 Å². The molecule has 3 N–H and O–H groups in total. The highest BCUT2D eigenvalue weighted by atomic mass is 16.8. The third-order valence-electron chi connectivity index (χ3n) is 7.15. The van der Waals surface area contributed by atoms with Crippen LogP contribution in [0.25, 0.3) is 17.2 Å². The van der Waals surface area contributed by atoms with Crippen LogP contribution in [0.3, 0.4) is 0 Å². The fourth-order valence-corrected chi connectivity index (χ4v) is 5.29. The third kappa shape index (κ3) is 5.56. The first kappa shape index (κ1) is 28.4. The van der Waals surface area contributed by atoms with Gasteiger partial charge in [-0.05, 0) is 30.7 Å². The number of carbonyl (C=O) groups is 2. The number of aromatic carboxylic acids is 1. The second-order valence-electron chi connectivity index (χ2n) is 9.76. The molecule has 2 amide bonds. The Morgan fingerprint density at radius 1 is 1.07 bits per heavy atom. The number of carbonyl (C=O) groups excluding carboxylic acids is 1. The van der Waals surface area contributed by atoms with Gasteiger partial charge in [0.2, 0.25) is 0 Å². The minimum absolute atomic E-state index is 0.0146. The van der Waals surface area contributed by atoms with Gasteiger partial charge in [-0.15, -0.1) is 0 Å². The van der Waals surface area contributed by atoms with Gasteiger partial charge in [-0.2, -0.15) is 0 Å². The van der Waals surface area contributed by atoms with E-state index in [2.05, 4.69) is 30.6 Å². The van der Waals surface area contributed by atoms with Crippen LogP contribution in [-0.4, -0.2) is 79.9 Å². The van der Waals surface area contributed by atoms with Gasteiger partial charge < -0.3 is 29.4 Å². The second-order valence-corrected chi connectivity index (χ2v) is 9.76. The smallest absolute Gasteiger partial charge is 0.337 e. The molecule has 0 spiro atoms. The molecule has 2 saturated heterocycles. The Hall–Kier alpha value is -4.76. The molecule has 2 fully saturated rings. The minimum atomic E-state index is -1.15. The zero-order valence-corrected chi connectivity index (χ0v) is 23.2. The number of rotatable bonds is 9. The zero-order valence-electron chi connectivity index (χ0n) is 23.2. The SMILES string of the molecule is CCNC(=O)Nc1ncnc2c1ncn2C1OC(C(OC)c2ncccc2C(=O)O)[C@H]2O[C@@H](C=Cc3ccccc3)OC12. The molecular formula is C29H29N7O7. The van der Waals surface area contributed by atoms with E-state index in [1.807, 2.05) is 36.4 Å². The van der Waals surface area contributed by atoms with Crippen LogP contribution >= 0.6 is 0 Å². The van der Waals surface area contributed by atoms with Crippen molar-refractivity contribution < 1.29 is 33.6 Å². The first-order valence-corrected chi connectivity index (χ1v) is 13.6. The number of anilines is 1. The van der Waals surface area contributed by atoms with Gasteiger partial charge in [-0.25, -0.2) is 24.5 Å². The fourth-order valence-electron chi connectivity index (χ4n) is 5.29. The molecule has 2 aliphatic rings. The molecule has 0 radical (unpaired) electrons. The van der Waals surface area contributed by atoms with Crippen LogP contribution in [0.15, 0.2) is 67.4 Å². The Morgan fingerprint density at radius 3 is 2.65 bits per heavy atom. The number of carboxylic acid groups (broad SMARTS) is 1. The molecule has 1 aromatic carbocycles. The number of aromatic nitrogens is 5. The van der Waals surface area contributed by atoms with Crippen LogP contribution in [0.1, 0.15) is 40.9 Å². The van der Waals surface area contributed by atoms with E-state index in [-0.39, 0.29) is 17.1 Å². The minimum Gasteiger partial charge on any atom is -0.478 e. The molecule has 43 heavy (non-hydrogen) atoms. The summed E-state index contributed by atoms with van der Waals surface area (Å²) in [6.07, 6.45) is 3.40. The molecule has 0 aliphatic carbocycles. The molecule has 0 bridgehead atoms. The maximum Gasteiger partial charge on any atom is 0.337 e. The van der Waals surface area contributed by atoms with Crippen LogP contribution in [0, 0.1) is 0 Å². The molecule has 6 rings (SSSR count). The summed E-state index contributed by atoms with van der Waals surface area (Å²) in [5, 5.41) is 15.2. The molecule has 4 aromatic rings. The van der Waals surface area contributed by atoms with Crippen molar-refractivity contribution in [1.82, 2.24) is 29.8 Å². The Bertz CT molecular complexity index is 1650. The van der Waals surface area contributed by atoms with Crippen LogP contribution in [0.2, 0.25) is 0 Å². The number of pyridine rings is 1. The van der Waals surface area contributed by atoms with Crippen molar-refractivity contribution in [3.63, 3.8) is 0 Å². The summed E-state index contributed by atoms with van der Waals surface area (Å²) in [7, 11) is 1.46. The van der Waals surface area contributed by atoms with Crippen molar-refractivity contribution in [3.8, 4) is 0 Å². The Kier molecular flexibility index (Phi) is 8.07. The Balaban J connectivity index is 1.36. The van der Waals surface area contributed by atoms with Crippen molar-refractivity contribution in [2.75, 3.05) is 19.0 Å². The molecule has 2 aliphatic heterocycles. The summed E-state index contributed by atoms with van der Waals surface area (Å²) in [4.78, 5) is 41.6. The van der Waals surface area contributed by atoms with Gasteiger partial charge in [-0.3, -0.25) is 14.9 Å². The number of benzene rings is 1. The average molecular weight is 588 g/mol. The van der Waals surface area contributed by atoms with Crippen molar-refractivity contribution >= 4 is 35.1 Å². The van der Waals surface area contributed by atoms with E-state index in [1.54, 1.807) is 23.6 Å². The van der Waals surface area contributed by atoms with E-state index in [0.717, 1.165) is 5.56 Å². The lowest BCUT2D eigenvalue weighted by Gasteiger charge is -2.26. The van der Waals surface area contributed by atoms with E-state index >= 15 is 0 Å². The molecule has 3 aromatic heterocycles. The van der Waals surface area contributed by atoms with Crippen molar-refractivity contribution in [2.45, 2.75) is 43.9 Å². The molecule has 5 heterocycles. The van der Waals surface area contributed by atoms with Crippen molar-refractivity contribution in [3.05, 3.63) is 84.2 Å². The topological polar surface area (TPSA) is 172 Å². The maximum atomic E-state index is 12.2. The molecule has 14 heteroatoms. The van der Waals surface area contributed by atoms with Gasteiger partial charge in [0.25, 0.3) is 0 Å². The molecule has 14 nitrogen and oxygen atoms in total. The largest absolute Gasteiger partial charge is 0.478 e. The highest BCUT2D eigenvalue weighted by Gasteiger charge is 2.56. The average Bonchev–Trinajstić information content (AvgIpc) is 3.72. The number of hydrogen-bond donors (Lipinski definition) is 3. The molecule has 6 atom stereocenters. The molecular weight excluding hydrogens is 558 g/mol. The van der Waals surface area contributed by atoms with Gasteiger partial charge in [0, 0.05) is 19.9 Å². The third-order valence-corrected chi connectivity index (χ3v) is 7.15. The van der Waals surface area contributed by atoms with Crippen LogP contribution < -0.4 is 10.6 Å². The number of nitrogens with one attached hydrogen (secondary N) is 2. The van der Waals surface area contributed by atoms with E-state index in [4.69, 9.17) is 18.9 Å². The summed E-state index contributed by atoms with van der Waals surface area (Å²) in [5.74, 6) is -0.921. The molecule has 4 unspecified atom stereocenters. The van der Waals surface area contributed by atoms with Gasteiger partial charge >= 0.3 is 12.0 Å². The lowest BCUT2D eigenvalue weighted by Crippen LogP contribution is -2.35. The predicted molar refractivity (Wildman–Crippen MR) is 152 cm³/mol. The predicted octanol–water partition coefficient (Wildman–Crippen LogP) is 3.17. The Morgan fingerprint density at radius 2 is 1.88 bits per heavy atom. The van der Waals surface area contributed by atoms with Gasteiger partial charge in [0.05, 0.1) is 17.6 Å². The van der Waals surface area contributed by atoms with Gasteiger partial charge in [0.1, 0.15) is 30.7 Å². The number of methoxy groups -OCH3 is 1. The summed E-state index contributed by atoms with van der Waals surface area (Å²) in [6.45, 7) is 2.24. The van der Waals surface area contributed by atoms with E-state index < -0.39 is 48.9 Å². The summed E-state index contributed by atoms with van der Waals surface area (Å²) >= 11 is 0. The lowest BCUT2D eigenvalue weighted by molar-refractivity contribution is -0.155. The first-order chi connectivity index (χ1) is 21.0. The number of carboxylic acids is 1. The summed E-state index contributed by atoms with van der Waals surface area (Å²) in [5.41, 5.74) is 1.88. The molecule has 222 valence electrons. The highest BCUT2D eigenvalue weighted by Crippen LogP contribution is 2.45. The van der Waals surface area contributed by atoms with Crippen LogP contribution in [-0.2, 0) is 18.9 Å².